The van der Waals surface area contributed by atoms with Crippen molar-refractivity contribution in [3.63, 3.8) is 0 Å². The minimum absolute atomic E-state index is 0.0190. The van der Waals surface area contributed by atoms with E-state index in [9.17, 15) is 19.8 Å². The molecule has 2 rings (SSSR count). The van der Waals surface area contributed by atoms with Gasteiger partial charge in [0.2, 0.25) is 11.8 Å². The summed E-state index contributed by atoms with van der Waals surface area (Å²) in [4.78, 5) is 32.2. The molecule has 3 atom stereocenters. The standard InChI is InChI=1S/C20H35N5O6/c1-6-8-19(3,4)30-18(28)25-10-7-9-20(25,29)12-24(5)16(14(2)26)17(27)21-11-15-22-13-23-31-15/h13-14,16,26,29H,6-12H2,1-5H3,(H,21,27)/t14-,16+,20?/m1/s1. The number of aromatic nitrogens is 2. The fourth-order valence-corrected chi connectivity index (χ4v) is 4.06. The Labute approximate surface area is 182 Å². The van der Waals surface area contributed by atoms with Gasteiger partial charge in [0.25, 0.3) is 0 Å². The second kappa shape index (κ2) is 10.4. The summed E-state index contributed by atoms with van der Waals surface area (Å²) >= 11 is 0. The van der Waals surface area contributed by atoms with Crippen molar-refractivity contribution in [1.29, 1.82) is 0 Å². The summed E-state index contributed by atoms with van der Waals surface area (Å²) in [5, 5.41) is 27.6. The molecule has 3 N–H and O–H groups in total. The average Bonchev–Trinajstić information content (AvgIpc) is 3.28. The lowest BCUT2D eigenvalue weighted by atomic mass is 10.0. The van der Waals surface area contributed by atoms with Crippen LogP contribution in [0.5, 0.6) is 0 Å². The van der Waals surface area contributed by atoms with E-state index in [0.717, 1.165) is 6.42 Å². The van der Waals surface area contributed by atoms with Crippen LogP contribution in [0.1, 0.15) is 59.3 Å². The Kier molecular flexibility index (Phi) is 8.38. The number of hydrogen-bond donors (Lipinski definition) is 3. The second-order valence-electron chi connectivity index (χ2n) is 8.77. The van der Waals surface area contributed by atoms with Crippen LogP contribution in [0.2, 0.25) is 0 Å². The van der Waals surface area contributed by atoms with Gasteiger partial charge in [-0.1, -0.05) is 18.5 Å². The maximum Gasteiger partial charge on any atom is 0.412 e. The van der Waals surface area contributed by atoms with Gasteiger partial charge in [0.15, 0.2) is 12.1 Å². The normalized spacial score (nSPS) is 21.2. The molecule has 1 aromatic rings. The third kappa shape index (κ3) is 6.62. The third-order valence-corrected chi connectivity index (χ3v) is 5.42. The van der Waals surface area contributed by atoms with Gasteiger partial charge < -0.3 is 24.8 Å². The number of aliphatic hydroxyl groups excluding tert-OH is 1. The molecule has 0 spiro atoms. The van der Waals surface area contributed by atoms with Crippen LogP contribution in [0.25, 0.3) is 0 Å². The van der Waals surface area contributed by atoms with E-state index in [-0.39, 0.29) is 19.0 Å². The summed E-state index contributed by atoms with van der Waals surface area (Å²) in [6, 6.07) is -0.957. The van der Waals surface area contributed by atoms with Gasteiger partial charge in [0.1, 0.15) is 11.6 Å². The van der Waals surface area contributed by atoms with Crippen molar-refractivity contribution >= 4 is 12.0 Å². The molecule has 1 aliphatic heterocycles. The highest BCUT2D eigenvalue weighted by Gasteiger charge is 2.46. The second-order valence-corrected chi connectivity index (χ2v) is 8.77. The van der Waals surface area contributed by atoms with E-state index in [1.54, 1.807) is 7.05 Å². The Hall–Kier alpha value is -2.24. The van der Waals surface area contributed by atoms with Crippen LogP contribution in [0, 0.1) is 0 Å². The van der Waals surface area contributed by atoms with E-state index in [0.29, 0.717) is 25.8 Å². The maximum absolute atomic E-state index is 12.8. The van der Waals surface area contributed by atoms with E-state index in [1.165, 1.54) is 23.1 Å². The first-order chi connectivity index (χ1) is 14.5. The zero-order valence-corrected chi connectivity index (χ0v) is 19.0. The zero-order valence-electron chi connectivity index (χ0n) is 19.0. The molecule has 2 heterocycles. The van der Waals surface area contributed by atoms with Gasteiger partial charge in [-0.05, 0) is 47.1 Å². The molecule has 0 bridgehead atoms. The van der Waals surface area contributed by atoms with Crippen molar-refractivity contribution in [2.75, 3.05) is 20.1 Å². The van der Waals surface area contributed by atoms with Crippen LogP contribution in [0.15, 0.2) is 10.9 Å². The Morgan fingerprint density at radius 3 is 2.77 bits per heavy atom. The van der Waals surface area contributed by atoms with Gasteiger partial charge in [-0.15, -0.1) is 0 Å². The molecule has 1 aliphatic rings. The molecule has 0 radical (unpaired) electrons. The largest absolute Gasteiger partial charge is 0.443 e. The molecule has 176 valence electrons. The number of likely N-dealkylation sites (tertiary alicyclic amines) is 1. The lowest BCUT2D eigenvalue weighted by Gasteiger charge is -2.40. The first-order valence-electron chi connectivity index (χ1n) is 10.6. The lowest BCUT2D eigenvalue weighted by Crippen LogP contribution is -2.59. The topological polar surface area (TPSA) is 141 Å². The monoisotopic (exact) mass is 441 g/mol. The molecule has 1 saturated heterocycles. The summed E-state index contributed by atoms with van der Waals surface area (Å²) < 4.78 is 10.5. The molecule has 31 heavy (non-hydrogen) atoms. The minimum atomic E-state index is -1.51. The highest BCUT2D eigenvalue weighted by atomic mass is 16.6. The molecule has 1 aromatic heterocycles. The quantitative estimate of drug-likeness (QED) is 0.482. The van der Waals surface area contributed by atoms with Crippen LogP contribution in [0.4, 0.5) is 4.79 Å². The lowest BCUT2D eigenvalue weighted by molar-refractivity contribution is -0.136. The van der Waals surface area contributed by atoms with E-state index >= 15 is 0 Å². The summed E-state index contributed by atoms with van der Waals surface area (Å²) in [5.41, 5.74) is -2.15. The first kappa shape index (κ1) is 25.0. The van der Waals surface area contributed by atoms with Crippen LogP contribution in [-0.4, -0.2) is 85.8 Å². The van der Waals surface area contributed by atoms with Crippen LogP contribution < -0.4 is 5.32 Å². The van der Waals surface area contributed by atoms with Crippen LogP contribution in [-0.2, 0) is 16.1 Å². The van der Waals surface area contributed by atoms with Gasteiger partial charge >= 0.3 is 6.09 Å². The number of ether oxygens (including phenoxy) is 1. The highest BCUT2D eigenvalue weighted by Crippen LogP contribution is 2.30. The smallest absolute Gasteiger partial charge is 0.412 e. The third-order valence-electron chi connectivity index (χ3n) is 5.42. The van der Waals surface area contributed by atoms with Crippen molar-refractivity contribution < 1.29 is 29.1 Å². The first-order valence-corrected chi connectivity index (χ1v) is 10.6. The number of nitrogens with zero attached hydrogens (tertiary/aromatic N) is 4. The molecule has 1 unspecified atom stereocenters. The van der Waals surface area contributed by atoms with Gasteiger partial charge in [-0.2, -0.15) is 4.98 Å². The van der Waals surface area contributed by atoms with Crippen molar-refractivity contribution in [2.24, 2.45) is 0 Å². The van der Waals surface area contributed by atoms with Crippen molar-refractivity contribution in [3.8, 4) is 0 Å². The van der Waals surface area contributed by atoms with Crippen molar-refractivity contribution in [3.05, 3.63) is 12.2 Å². The van der Waals surface area contributed by atoms with Crippen LogP contribution in [0.3, 0.4) is 0 Å². The van der Waals surface area contributed by atoms with E-state index in [4.69, 9.17) is 9.26 Å². The molecular weight excluding hydrogens is 406 g/mol. The maximum atomic E-state index is 12.8. The summed E-state index contributed by atoms with van der Waals surface area (Å²) in [5.74, 6) is -0.228. The fraction of sp³-hybridized carbons (Fsp3) is 0.800. The Bertz CT molecular complexity index is 726. The van der Waals surface area contributed by atoms with Gasteiger partial charge in [-0.3, -0.25) is 14.6 Å². The SMILES string of the molecule is CCCC(C)(C)OC(=O)N1CCCC1(O)CN(C)[C@H](C(=O)NCc1ncno1)[C@@H](C)O. The number of amides is 2. The zero-order chi connectivity index (χ0) is 23.2. The number of likely N-dealkylation sites (N-methyl/N-ethyl adjacent to an activating group) is 1. The number of hydrogen-bond acceptors (Lipinski definition) is 9. The molecule has 0 saturated carbocycles. The van der Waals surface area contributed by atoms with Gasteiger partial charge in [-0.25, -0.2) is 4.79 Å². The Morgan fingerprint density at radius 1 is 1.48 bits per heavy atom. The summed E-state index contributed by atoms with van der Waals surface area (Å²) in [7, 11) is 1.62. The van der Waals surface area contributed by atoms with Gasteiger partial charge in [0.05, 0.1) is 12.6 Å². The minimum Gasteiger partial charge on any atom is -0.443 e. The predicted molar refractivity (Wildman–Crippen MR) is 111 cm³/mol. The van der Waals surface area contributed by atoms with Gasteiger partial charge in [0, 0.05) is 13.1 Å². The average molecular weight is 442 g/mol. The molecule has 1 fully saturated rings. The van der Waals surface area contributed by atoms with E-state index in [1.807, 2.05) is 20.8 Å². The number of carbonyl (C=O) groups excluding carboxylic acids is 2. The van der Waals surface area contributed by atoms with E-state index < -0.39 is 35.5 Å². The number of carbonyl (C=O) groups is 2. The highest BCUT2D eigenvalue weighted by molar-refractivity contribution is 5.82. The molecule has 11 heteroatoms. The molecule has 11 nitrogen and oxygen atoms in total. The number of nitrogens with one attached hydrogen (secondary N) is 1. The molecule has 2 amide bonds. The predicted octanol–water partition coefficient (Wildman–Crippen LogP) is 0.867. The molecule has 0 aromatic carbocycles. The molecular formula is C20H35N5O6. The fourth-order valence-electron chi connectivity index (χ4n) is 4.06. The molecule has 0 aliphatic carbocycles. The van der Waals surface area contributed by atoms with Crippen molar-refractivity contribution in [2.45, 2.75) is 83.4 Å². The van der Waals surface area contributed by atoms with E-state index in [2.05, 4.69) is 15.5 Å². The number of rotatable bonds is 10. The Morgan fingerprint density at radius 2 is 2.19 bits per heavy atom. The summed E-state index contributed by atoms with van der Waals surface area (Å²) in [6.07, 6.45) is 2.14. The summed E-state index contributed by atoms with van der Waals surface area (Å²) in [6.45, 7) is 7.53. The Balaban J connectivity index is 2.05. The van der Waals surface area contributed by atoms with Crippen LogP contribution >= 0.6 is 0 Å². The number of aliphatic hydroxyl groups is 2. The van der Waals surface area contributed by atoms with Crippen molar-refractivity contribution in [1.82, 2.24) is 25.3 Å².